The summed E-state index contributed by atoms with van der Waals surface area (Å²) in [6.45, 7) is 4.58. The van der Waals surface area contributed by atoms with Gasteiger partial charge in [-0.2, -0.15) is 0 Å². The summed E-state index contributed by atoms with van der Waals surface area (Å²) in [6, 6.07) is -0.327. The van der Waals surface area contributed by atoms with E-state index in [0.717, 1.165) is 6.42 Å². The van der Waals surface area contributed by atoms with Gasteiger partial charge in [0.05, 0.1) is 18.4 Å². The quantitative estimate of drug-likeness (QED) is 0.725. The van der Waals surface area contributed by atoms with Gasteiger partial charge < -0.3 is 20.1 Å². The smallest absolute Gasteiger partial charge is 0.317 e. The molecule has 0 spiro atoms. The Morgan fingerprint density at radius 1 is 1.45 bits per heavy atom. The molecule has 2 atom stereocenters. The van der Waals surface area contributed by atoms with Gasteiger partial charge in [-0.25, -0.2) is 4.79 Å². The van der Waals surface area contributed by atoms with Gasteiger partial charge in [-0.3, -0.25) is 9.59 Å². The van der Waals surface area contributed by atoms with Crippen molar-refractivity contribution >= 4 is 18.0 Å². The average Bonchev–Trinajstić information content (AvgIpc) is 2.44. The molecule has 0 saturated carbocycles. The Morgan fingerprint density at radius 3 is 2.75 bits per heavy atom. The highest BCUT2D eigenvalue weighted by Gasteiger charge is 2.29. The van der Waals surface area contributed by atoms with Crippen LogP contribution in [-0.2, 0) is 14.3 Å². The zero-order valence-corrected chi connectivity index (χ0v) is 11.9. The highest BCUT2D eigenvalue weighted by Crippen LogP contribution is 2.17. The molecule has 1 fully saturated rings. The third-order valence-electron chi connectivity index (χ3n) is 3.31. The molecule has 0 radical (unpaired) electrons. The molecule has 7 nitrogen and oxygen atoms in total. The van der Waals surface area contributed by atoms with Crippen LogP contribution >= 0.6 is 0 Å². The number of carbonyl (C=O) groups is 3. The number of carboxylic acid groups (broad SMARTS) is 1. The summed E-state index contributed by atoms with van der Waals surface area (Å²) < 4.78 is 4.96. The highest BCUT2D eigenvalue weighted by molar-refractivity contribution is 5.78. The molecule has 114 valence electrons. The van der Waals surface area contributed by atoms with Crippen LogP contribution in [0, 0.1) is 11.8 Å². The Hall–Kier alpha value is -1.79. The van der Waals surface area contributed by atoms with Gasteiger partial charge in [-0.15, -0.1) is 0 Å². The third kappa shape index (κ3) is 4.71. The van der Waals surface area contributed by atoms with Crippen LogP contribution < -0.4 is 5.32 Å². The minimum atomic E-state index is -0.951. The second-order valence-corrected chi connectivity index (χ2v) is 4.96. The van der Waals surface area contributed by atoms with Crippen molar-refractivity contribution in [2.75, 3.05) is 26.2 Å². The summed E-state index contributed by atoms with van der Waals surface area (Å²) in [5.41, 5.74) is 0. The first-order valence-corrected chi connectivity index (χ1v) is 6.87. The molecule has 0 aromatic rings. The van der Waals surface area contributed by atoms with E-state index in [4.69, 9.17) is 9.84 Å². The van der Waals surface area contributed by atoms with Gasteiger partial charge >= 0.3 is 18.0 Å². The molecule has 0 aromatic carbocycles. The lowest BCUT2D eigenvalue weighted by molar-refractivity contribution is -0.149. The Labute approximate surface area is 118 Å². The minimum Gasteiger partial charge on any atom is -0.481 e. The van der Waals surface area contributed by atoms with Gasteiger partial charge in [0.2, 0.25) is 0 Å². The summed E-state index contributed by atoms with van der Waals surface area (Å²) in [5.74, 6) is -2.15. The Morgan fingerprint density at radius 2 is 2.15 bits per heavy atom. The van der Waals surface area contributed by atoms with Crippen LogP contribution in [0.4, 0.5) is 4.79 Å². The zero-order chi connectivity index (χ0) is 15.1. The van der Waals surface area contributed by atoms with Gasteiger partial charge in [0.25, 0.3) is 0 Å². The molecule has 1 aliphatic heterocycles. The lowest BCUT2D eigenvalue weighted by Gasteiger charge is -2.31. The number of esters is 1. The zero-order valence-electron chi connectivity index (χ0n) is 11.9. The van der Waals surface area contributed by atoms with Gasteiger partial charge in [0.1, 0.15) is 0 Å². The summed E-state index contributed by atoms with van der Waals surface area (Å²) in [7, 11) is 0. The standard InChI is InChI=1S/C13H22N2O5/c1-3-20-12(18)10-5-4-6-15(8-10)13(19)14-7-9(2)11(16)17/h9-10H,3-8H2,1-2H3,(H,14,19)(H,16,17). The number of piperidine rings is 1. The number of urea groups is 1. The molecule has 20 heavy (non-hydrogen) atoms. The highest BCUT2D eigenvalue weighted by atomic mass is 16.5. The van der Waals surface area contributed by atoms with Gasteiger partial charge in [0.15, 0.2) is 0 Å². The Bertz CT molecular complexity index is 372. The summed E-state index contributed by atoms with van der Waals surface area (Å²) in [4.78, 5) is 35.8. The number of nitrogens with zero attached hydrogens (tertiary/aromatic N) is 1. The van der Waals surface area contributed by atoms with E-state index in [-0.39, 0.29) is 24.5 Å². The van der Waals surface area contributed by atoms with Crippen molar-refractivity contribution in [3.63, 3.8) is 0 Å². The second-order valence-electron chi connectivity index (χ2n) is 4.96. The maximum atomic E-state index is 11.9. The van der Waals surface area contributed by atoms with E-state index in [2.05, 4.69) is 5.32 Å². The number of nitrogens with one attached hydrogen (secondary N) is 1. The second kappa shape index (κ2) is 7.72. The summed E-state index contributed by atoms with van der Waals surface area (Å²) in [6.07, 6.45) is 1.46. The topological polar surface area (TPSA) is 95.9 Å². The Balaban J connectivity index is 2.44. The van der Waals surface area contributed by atoms with Gasteiger partial charge in [0, 0.05) is 19.6 Å². The number of hydrogen-bond donors (Lipinski definition) is 2. The van der Waals surface area contributed by atoms with E-state index in [0.29, 0.717) is 26.1 Å². The van der Waals surface area contributed by atoms with Gasteiger partial charge in [-0.05, 0) is 19.8 Å². The molecule has 2 N–H and O–H groups in total. The first kappa shape index (κ1) is 16.3. The number of ether oxygens (including phenoxy) is 1. The third-order valence-corrected chi connectivity index (χ3v) is 3.31. The molecule has 1 heterocycles. The van der Waals surface area contributed by atoms with Crippen molar-refractivity contribution in [3.8, 4) is 0 Å². The fraction of sp³-hybridized carbons (Fsp3) is 0.769. The van der Waals surface area contributed by atoms with Crippen LogP contribution in [-0.4, -0.2) is 54.2 Å². The fourth-order valence-electron chi connectivity index (χ4n) is 2.05. The Kier molecular flexibility index (Phi) is 6.27. The molecule has 0 bridgehead atoms. The normalized spacial score (nSPS) is 20.1. The van der Waals surface area contributed by atoms with E-state index in [1.165, 1.54) is 6.92 Å². The summed E-state index contributed by atoms with van der Waals surface area (Å²) in [5, 5.41) is 11.3. The molecule has 1 saturated heterocycles. The van der Waals surface area contributed by atoms with Crippen molar-refractivity contribution < 1.29 is 24.2 Å². The van der Waals surface area contributed by atoms with E-state index in [9.17, 15) is 14.4 Å². The number of amides is 2. The average molecular weight is 286 g/mol. The first-order chi connectivity index (χ1) is 9.45. The molecule has 0 aromatic heterocycles. The molecular formula is C13H22N2O5. The molecule has 2 amide bonds. The molecule has 1 aliphatic rings. The molecule has 0 aliphatic carbocycles. The number of hydrogen-bond acceptors (Lipinski definition) is 4. The largest absolute Gasteiger partial charge is 0.481 e. The molecule has 7 heteroatoms. The molecule has 2 unspecified atom stereocenters. The lowest BCUT2D eigenvalue weighted by atomic mass is 9.98. The number of carboxylic acids is 1. The van der Waals surface area contributed by atoms with Crippen molar-refractivity contribution in [3.05, 3.63) is 0 Å². The van der Waals surface area contributed by atoms with E-state index in [1.54, 1.807) is 11.8 Å². The van der Waals surface area contributed by atoms with Crippen molar-refractivity contribution in [2.24, 2.45) is 11.8 Å². The van der Waals surface area contributed by atoms with Crippen molar-refractivity contribution in [1.82, 2.24) is 10.2 Å². The minimum absolute atomic E-state index is 0.0781. The van der Waals surface area contributed by atoms with Crippen LogP contribution in [0.25, 0.3) is 0 Å². The molecular weight excluding hydrogens is 264 g/mol. The fourth-order valence-corrected chi connectivity index (χ4v) is 2.05. The van der Waals surface area contributed by atoms with Crippen LogP contribution in [0.2, 0.25) is 0 Å². The van der Waals surface area contributed by atoms with Crippen molar-refractivity contribution in [1.29, 1.82) is 0 Å². The first-order valence-electron chi connectivity index (χ1n) is 6.87. The maximum absolute atomic E-state index is 11.9. The van der Waals surface area contributed by atoms with E-state index < -0.39 is 11.9 Å². The van der Waals surface area contributed by atoms with Crippen LogP contribution in [0.3, 0.4) is 0 Å². The van der Waals surface area contributed by atoms with E-state index >= 15 is 0 Å². The predicted molar refractivity (Wildman–Crippen MR) is 71.1 cm³/mol. The van der Waals surface area contributed by atoms with Crippen molar-refractivity contribution in [2.45, 2.75) is 26.7 Å². The number of carbonyl (C=O) groups excluding carboxylic acids is 2. The number of aliphatic carboxylic acids is 1. The van der Waals surface area contributed by atoms with Gasteiger partial charge in [-0.1, -0.05) is 6.92 Å². The van der Waals surface area contributed by atoms with Crippen LogP contribution in [0.15, 0.2) is 0 Å². The monoisotopic (exact) mass is 286 g/mol. The lowest BCUT2D eigenvalue weighted by Crippen LogP contribution is -2.48. The van der Waals surface area contributed by atoms with Crippen LogP contribution in [0.1, 0.15) is 26.7 Å². The SMILES string of the molecule is CCOC(=O)C1CCCN(C(=O)NCC(C)C(=O)O)C1. The number of likely N-dealkylation sites (tertiary alicyclic amines) is 1. The van der Waals surface area contributed by atoms with E-state index in [1.807, 2.05) is 0 Å². The number of rotatable bonds is 5. The van der Waals surface area contributed by atoms with Crippen LogP contribution in [0.5, 0.6) is 0 Å². The maximum Gasteiger partial charge on any atom is 0.317 e. The summed E-state index contributed by atoms with van der Waals surface area (Å²) >= 11 is 0. The molecule has 1 rings (SSSR count). The predicted octanol–water partition coefficient (Wildman–Crippen LogP) is 0.692.